The fraction of sp³-hybridized carbons (Fsp3) is 0.320. The van der Waals surface area contributed by atoms with Crippen molar-refractivity contribution in [2.24, 2.45) is 5.73 Å². The molecule has 3 aromatic rings. The zero-order chi connectivity index (χ0) is 24.9. The summed E-state index contributed by atoms with van der Waals surface area (Å²) in [6.07, 6.45) is 0.710. The Hall–Kier alpha value is -3.44. The lowest BCUT2D eigenvalue weighted by Crippen LogP contribution is -2.48. The van der Waals surface area contributed by atoms with E-state index in [1.165, 1.54) is 24.3 Å². The summed E-state index contributed by atoms with van der Waals surface area (Å²) in [4.78, 5) is 31.2. The normalized spacial score (nSPS) is 13.4. The molecule has 36 heavy (non-hydrogen) atoms. The van der Waals surface area contributed by atoms with Gasteiger partial charge in [-0.3, -0.25) is 9.59 Å². The van der Waals surface area contributed by atoms with Crippen LogP contribution in [0.3, 0.4) is 0 Å². The summed E-state index contributed by atoms with van der Waals surface area (Å²) < 4.78 is 29.3. The van der Waals surface area contributed by atoms with Crippen LogP contribution < -0.4 is 16.4 Å². The van der Waals surface area contributed by atoms with Crippen molar-refractivity contribution in [1.82, 2.24) is 19.8 Å². The molecule has 1 aliphatic heterocycles. The third-order valence-electron chi connectivity index (χ3n) is 5.78. The Kier molecular flexibility index (Phi) is 9.05. The molecule has 0 saturated heterocycles. The quantitative estimate of drug-likeness (QED) is 0.426. The number of rotatable bonds is 8. The number of carbonyl (C=O) groups excluding carboxylic acids is 2. The van der Waals surface area contributed by atoms with E-state index in [0.717, 1.165) is 6.42 Å². The number of hydrogen-bond donors (Lipinski definition) is 3. The van der Waals surface area contributed by atoms with Gasteiger partial charge in [0.15, 0.2) is 0 Å². The van der Waals surface area contributed by atoms with E-state index < -0.39 is 11.9 Å². The summed E-state index contributed by atoms with van der Waals surface area (Å²) >= 11 is 0. The summed E-state index contributed by atoms with van der Waals surface area (Å²) in [6, 6.07) is 11.0. The van der Waals surface area contributed by atoms with Gasteiger partial charge in [-0.25, -0.2) is 13.8 Å². The molecule has 0 aliphatic carbocycles. The summed E-state index contributed by atoms with van der Waals surface area (Å²) in [7, 11) is 0. The minimum atomic E-state index is -0.951. The molecule has 0 unspecified atom stereocenters. The fourth-order valence-corrected chi connectivity index (χ4v) is 4.01. The monoisotopic (exact) mass is 516 g/mol. The first-order valence-electron chi connectivity index (χ1n) is 11.5. The molecule has 4 rings (SSSR count). The van der Waals surface area contributed by atoms with Gasteiger partial charge in [-0.2, -0.15) is 13.5 Å². The average molecular weight is 517 g/mol. The molecule has 0 saturated carbocycles. The molecular formula is C25H30F2N6O2S. The van der Waals surface area contributed by atoms with Crippen LogP contribution >= 0.6 is 13.5 Å². The standard InChI is InChI=1S/C25H28F2N6O2.H2S/c1-2-10-29-22(34)14-20(28)25(35)32-11-12-33-21(15-32)31-23(16-4-3-5-18(27)13-16)24(33)30-19-8-6-17(26)7-9-19;/h3-9,13,20,30H,2,10-12,14-15,28H2,1H3,(H,29,34);1H2/t20-;/m0./s1. The van der Waals surface area contributed by atoms with Gasteiger partial charge in [0, 0.05) is 30.9 Å². The maximum atomic E-state index is 14.0. The number of aromatic nitrogens is 2. The zero-order valence-corrected chi connectivity index (χ0v) is 20.9. The van der Waals surface area contributed by atoms with Gasteiger partial charge < -0.3 is 25.8 Å². The van der Waals surface area contributed by atoms with E-state index >= 15 is 0 Å². The minimum Gasteiger partial charge on any atom is -0.356 e. The van der Waals surface area contributed by atoms with Crippen molar-refractivity contribution < 1.29 is 18.4 Å². The van der Waals surface area contributed by atoms with E-state index in [1.54, 1.807) is 29.2 Å². The first-order valence-corrected chi connectivity index (χ1v) is 11.5. The number of carbonyl (C=O) groups is 2. The third-order valence-corrected chi connectivity index (χ3v) is 5.78. The van der Waals surface area contributed by atoms with Crippen molar-refractivity contribution in [3.8, 4) is 11.3 Å². The molecule has 1 aromatic heterocycles. The van der Waals surface area contributed by atoms with Crippen LogP contribution in [0.15, 0.2) is 48.5 Å². The lowest BCUT2D eigenvalue weighted by Gasteiger charge is -2.30. The van der Waals surface area contributed by atoms with Gasteiger partial charge >= 0.3 is 0 Å². The Labute approximate surface area is 215 Å². The molecular weight excluding hydrogens is 486 g/mol. The second-order valence-electron chi connectivity index (χ2n) is 8.44. The number of nitrogens with one attached hydrogen (secondary N) is 2. The molecule has 2 aromatic carbocycles. The predicted molar refractivity (Wildman–Crippen MR) is 139 cm³/mol. The molecule has 0 radical (unpaired) electrons. The number of nitrogens with zero attached hydrogens (tertiary/aromatic N) is 3. The van der Waals surface area contributed by atoms with Crippen LogP contribution in [0.1, 0.15) is 25.6 Å². The Balaban J connectivity index is 0.00000361. The molecule has 2 heterocycles. The highest BCUT2D eigenvalue weighted by Gasteiger charge is 2.30. The summed E-state index contributed by atoms with van der Waals surface area (Å²) in [5, 5.41) is 6.00. The smallest absolute Gasteiger partial charge is 0.240 e. The van der Waals surface area contributed by atoms with E-state index in [4.69, 9.17) is 10.7 Å². The molecule has 0 fully saturated rings. The number of halogens is 2. The van der Waals surface area contributed by atoms with Gasteiger partial charge in [0.1, 0.15) is 29.0 Å². The zero-order valence-electron chi connectivity index (χ0n) is 19.9. The van der Waals surface area contributed by atoms with Gasteiger partial charge in [0.05, 0.1) is 19.0 Å². The van der Waals surface area contributed by atoms with Crippen LogP contribution in [-0.2, 0) is 22.7 Å². The molecule has 192 valence electrons. The van der Waals surface area contributed by atoms with Gasteiger partial charge in [-0.1, -0.05) is 19.1 Å². The van der Waals surface area contributed by atoms with E-state index in [9.17, 15) is 18.4 Å². The number of hydrogen-bond acceptors (Lipinski definition) is 5. The second-order valence-corrected chi connectivity index (χ2v) is 8.44. The topological polar surface area (TPSA) is 105 Å². The van der Waals surface area contributed by atoms with E-state index in [1.807, 2.05) is 11.5 Å². The second kappa shape index (κ2) is 12.0. The van der Waals surface area contributed by atoms with Gasteiger partial charge in [0.25, 0.3) is 0 Å². The molecule has 4 N–H and O–H groups in total. The Morgan fingerprint density at radius 3 is 2.56 bits per heavy atom. The Morgan fingerprint density at radius 1 is 1.11 bits per heavy atom. The van der Waals surface area contributed by atoms with E-state index in [-0.39, 0.29) is 44.1 Å². The predicted octanol–water partition coefficient (Wildman–Crippen LogP) is 3.27. The number of anilines is 2. The molecule has 8 nitrogen and oxygen atoms in total. The van der Waals surface area contributed by atoms with Gasteiger partial charge in [0.2, 0.25) is 11.8 Å². The molecule has 2 amide bonds. The Morgan fingerprint density at radius 2 is 1.86 bits per heavy atom. The highest BCUT2D eigenvalue weighted by Crippen LogP contribution is 2.33. The van der Waals surface area contributed by atoms with Crippen molar-refractivity contribution in [1.29, 1.82) is 0 Å². The summed E-state index contributed by atoms with van der Waals surface area (Å²) in [5.41, 5.74) is 7.76. The van der Waals surface area contributed by atoms with Crippen LogP contribution in [0.4, 0.5) is 20.3 Å². The number of imidazole rings is 1. The van der Waals surface area contributed by atoms with Crippen LogP contribution in [0, 0.1) is 11.6 Å². The first kappa shape index (κ1) is 27.2. The van der Waals surface area contributed by atoms with E-state index in [2.05, 4.69) is 10.6 Å². The van der Waals surface area contributed by atoms with Crippen LogP contribution in [-0.4, -0.2) is 45.4 Å². The molecule has 0 bridgehead atoms. The lowest BCUT2D eigenvalue weighted by molar-refractivity contribution is -0.136. The number of benzene rings is 2. The number of fused-ring (bicyclic) bond motifs is 1. The average Bonchev–Trinajstić information content (AvgIpc) is 3.21. The molecule has 0 spiro atoms. The minimum absolute atomic E-state index is 0. The highest BCUT2D eigenvalue weighted by molar-refractivity contribution is 7.59. The number of amides is 2. The van der Waals surface area contributed by atoms with E-state index in [0.29, 0.717) is 48.2 Å². The summed E-state index contributed by atoms with van der Waals surface area (Å²) in [5.74, 6) is -0.129. The number of nitrogens with two attached hydrogens (primary N) is 1. The first-order chi connectivity index (χ1) is 16.9. The van der Waals surface area contributed by atoms with Crippen LogP contribution in [0.2, 0.25) is 0 Å². The van der Waals surface area contributed by atoms with Gasteiger partial charge in [-0.15, -0.1) is 0 Å². The van der Waals surface area contributed by atoms with Crippen molar-refractivity contribution >= 4 is 36.8 Å². The van der Waals surface area contributed by atoms with Gasteiger partial charge in [-0.05, 0) is 42.8 Å². The van der Waals surface area contributed by atoms with Crippen molar-refractivity contribution in [2.75, 3.05) is 18.4 Å². The SMILES string of the molecule is CCCNC(=O)C[C@H](N)C(=O)N1CCn2c(nc(-c3cccc(F)c3)c2Nc2ccc(F)cc2)C1.S. The summed E-state index contributed by atoms with van der Waals surface area (Å²) in [6.45, 7) is 3.46. The largest absolute Gasteiger partial charge is 0.356 e. The fourth-order valence-electron chi connectivity index (χ4n) is 4.01. The maximum absolute atomic E-state index is 14.0. The highest BCUT2D eigenvalue weighted by atomic mass is 32.1. The molecule has 1 aliphatic rings. The third kappa shape index (κ3) is 6.21. The van der Waals surface area contributed by atoms with Crippen molar-refractivity contribution in [2.45, 2.75) is 38.9 Å². The van der Waals surface area contributed by atoms with Crippen molar-refractivity contribution in [3.05, 3.63) is 66.0 Å². The van der Waals surface area contributed by atoms with Crippen LogP contribution in [0.5, 0.6) is 0 Å². The van der Waals surface area contributed by atoms with Crippen molar-refractivity contribution in [3.63, 3.8) is 0 Å². The Bertz CT molecular complexity index is 1220. The molecule has 1 atom stereocenters. The van der Waals surface area contributed by atoms with Crippen LogP contribution in [0.25, 0.3) is 11.3 Å². The lowest BCUT2D eigenvalue weighted by atomic mass is 10.1. The molecule has 11 heteroatoms. The maximum Gasteiger partial charge on any atom is 0.240 e.